The van der Waals surface area contributed by atoms with Crippen LogP contribution < -0.4 is 5.32 Å². The normalized spacial score (nSPS) is 11.1. The molecule has 0 saturated heterocycles. The van der Waals surface area contributed by atoms with Crippen LogP contribution in [-0.2, 0) is 13.1 Å². The van der Waals surface area contributed by atoms with E-state index in [9.17, 15) is 0 Å². The van der Waals surface area contributed by atoms with Gasteiger partial charge in [-0.2, -0.15) is 0 Å². The molecule has 0 aliphatic carbocycles. The summed E-state index contributed by atoms with van der Waals surface area (Å²) in [5.74, 6) is 0.543. The number of nitrogens with one attached hydrogen (secondary N) is 1. The number of aryl methyl sites for hydroxylation is 1. The molecule has 0 atom stereocenters. The number of hydrogen-bond acceptors (Lipinski definition) is 1. The van der Waals surface area contributed by atoms with Crippen molar-refractivity contribution in [2.45, 2.75) is 53.6 Å². The smallest absolute Gasteiger partial charge is 0.0418 e. The summed E-state index contributed by atoms with van der Waals surface area (Å²) < 4.78 is 2.37. The molecule has 20 heavy (non-hydrogen) atoms. The summed E-state index contributed by atoms with van der Waals surface area (Å²) in [4.78, 5) is 0. The minimum Gasteiger partial charge on any atom is -0.381 e. The van der Waals surface area contributed by atoms with Crippen LogP contribution in [0.2, 0.25) is 0 Å². The average molecular weight is 270 g/mol. The van der Waals surface area contributed by atoms with Gasteiger partial charge in [0.1, 0.15) is 0 Å². The molecule has 108 valence electrons. The fraction of sp³-hybridized carbons (Fsp3) is 0.444. The zero-order valence-electron chi connectivity index (χ0n) is 13.3. The Morgan fingerprint density at radius 3 is 2.45 bits per heavy atom. The molecule has 1 heterocycles. The van der Waals surface area contributed by atoms with Gasteiger partial charge in [-0.05, 0) is 49.9 Å². The Balaban J connectivity index is 2.17. The van der Waals surface area contributed by atoms with Gasteiger partial charge < -0.3 is 9.88 Å². The Bertz CT molecular complexity index is 579. The van der Waals surface area contributed by atoms with Crippen molar-refractivity contribution in [3.8, 4) is 0 Å². The van der Waals surface area contributed by atoms with E-state index in [1.54, 1.807) is 0 Å². The third kappa shape index (κ3) is 2.90. The van der Waals surface area contributed by atoms with E-state index in [2.05, 4.69) is 74.8 Å². The maximum absolute atomic E-state index is 3.60. The Hall–Kier alpha value is -1.70. The first-order valence-electron chi connectivity index (χ1n) is 7.53. The summed E-state index contributed by atoms with van der Waals surface area (Å²) in [5.41, 5.74) is 6.75. The van der Waals surface area contributed by atoms with Crippen molar-refractivity contribution in [1.82, 2.24) is 4.57 Å². The van der Waals surface area contributed by atoms with Gasteiger partial charge in [-0.15, -0.1) is 0 Å². The molecule has 0 spiro atoms. The summed E-state index contributed by atoms with van der Waals surface area (Å²) in [6.07, 6.45) is 0. The lowest BCUT2D eigenvalue weighted by Crippen LogP contribution is -2.05. The van der Waals surface area contributed by atoms with Crippen molar-refractivity contribution in [3.63, 3.8) is 0 Å². The van der Waals surface area contributed by atoms with Crippen LogP contribution >= 0.6 is 0 Å². The molecule has 1 aromatic heterocycles. The van der Waals surface area contributed by atoms with E-state index < -0.39 is 0 Å². The van der Waals surface area contributed by atoms with Crippen molar-refractivity contribution in [3.05, 3.63) is 52.8 Å². The first-order chi connectivity index (χ1) is 9.54. The molecule has 0 amide bonds. The summed E-state index contributed by atoms with van der Waals surface area (Å²) in [7, 11) is 0. The maximum Gasteiger partial charge on any atom is 0.0418 e. The van der Waals surface area contributed by atoms with Crippen LogP contribution in [0.3, 0.4) is 0 Å². The minimum atomic E-state index is 0.543. The number of aromatic nitrogens is 1. The molecule has 0 aliphatic heterocycles. The average Bonchev–Trinajstić information content (AvgIpc) is 2.70. The number of hydrogen-bond donors (Lipinski definition) is 1. The van der Waals surface area contributed by atoms with Crippen LogP contribution in [0.4, 0.5) is 5.69 Å². The van der Waals surface area contributed by atoms with Crippen molar-refractivity contribution < 1.29 is 0 Å². The van der Waals surface area contributed by atoms with Crippen LogP contribution in [0.15, 0.2) is 30.3 Å². The van der Waals surface area contributed by atoms with Gasteiger partial charge in [-0.25, -0.2) is 0 Å². The van der Waals surface area contributed by atoms with Crippen molar-refractivity contribution in [2.24, 2.45) is 0 Å². The van der Waals surface area contributed by atoms with Gasteiger partial charge in [0.05, 0.1) is 0 Å². The summed E-state index contributed by atoms with van der Waals surface area (Å²) >= 11 is 0. The van der Waals surface area contributed by atoms with E-state index in [0.717, 1.165) is 13.1 Å². The fourth-order valence-corrected chi connectivity index (χ4v) is 2.89. The molecule has 2 heteroatoms. The summed E-state index contributed by atoms with van der Waals surface area (Å²) in [6.45, 7) is 13.0. The second-order valence-corrected chi connectivity index (χ2v) is 5.74. The lowest BCUT2D eigenvalue weighted by atomic mass is 10.0. The lowest BCUT2D eigenvalue weighted by molar-refractivity contribution is 0.715. The molecule has 0 radical (unpaired) electrons. The summed E-state index contributed by atoms with van der Waals surface area (Å²) in [6, 6.07) is 10.9. The fourth-order valence-electron chi connectivity index (χ4n) is 2.89. The van der Waals surface area contributed by atoms with Crippen LogP contribution in [0, 0.1) is 13.8 Å². The van der Waals surface area contributed by atoms with E-state index >= 15 is 0 Å². The third-order valence-electron chi connectivity index (χ3n) is 4.05. The van der Waals surface area contributed by atoms with Crippen LogP contribution in [0.25, 0.3) is 0 Å². The first kappa shape index (κ1) is 14.7. The predicted molar refractivity (Wildman–Crippen MR) is 87.4 cm³/mol. The Labute approximate surface area is 122 Å². The summed E-state index contributed by atoms with van der Waals surface area (Å²) in [5, 5.41) is 3.60. The monoisotopic (exact) mass is 270 g/mol. The van der Waals surface area contributed by atoms with E-state index in [4.69, 9.17) is 0 Å². The molecule has 1 aromatic carbocycles. The molecule has 0 bridgehead atoms. The zero-order valence-corrected chi connectivity index (χ0v) is 13.3. The van der Waals surface area contributed by atoms with Crippen molar-refractivity contribution in [1.29, 1.82) is 0 Å². The molecule has 1 N–H and O–H groups in total. The number of benzene rings is 1. The predicted octanol–water partition coefficient (Wildman–Crippen LogP) is 4.86. The Morgan fingerprint density at radius 2 is 1.85 bits per heavy atom. The second kappa shape index (κ2) is 6.17. The van der Waals surface area contributed by atoms with Crippen molar-refractivity contribution >= 4 is 5.69 Å². The molecule has 0 aliphatic rings. The highest BCUT2D eigenvalue weighted by atomic mass is 15.0. The zero-order chi connectivity index (χ0) is 14.7. The highest BCUT2D eigenvalue weighted by Crippen LogP contribution is 2.25. The molecule has 2 nitrogen and oxygen atoms in total. The van der Waals surface area contributed by atoms with Gasteiger partial charge in [0.2, 0.25) is 0 Å². The van der Waals surface area contributed by atoms with Gasteiger partial charge in [0.25, 0.3) is 0 Å². The Morgan fingerprint density at radius 1 is 1.15 bits per heavy atom. The van der Waals surface area contributed by atoms with E-state index in [-0.39, 0.29) is 0 Å². The van der Waals surface area contributed by atoms with Gasteiger partial charge in [-0.3, -0.25) is 0 Å². The quantitative estimate of drug-likeness (QED) is 0.821. The van der Waals surface area contributed by atoms with E-state index in [1.807, 2.05) is 0 Å². The van der Waals surface area contributed by atoms with Crippen molar-refractivity contribution in [2.75, 3.05) is 5.32 Å². The first-order valence-corrected chi connectivity index (χ1v) is 7.53. The largest absolute Gasteiger partial charge is 0.381 e. The van der Waals surface area contributed by atoms with Gasteiger partial charge >= 0.3 is 0 Å². The van der Waals surface area contributed by atoms with Gasteiger partial charge in [0, 0.05) is 30.2 Å². The van der Waals surface area contributed by atoms with Gasteiger partial charge in [-0.1, -0.05) is 32.0 Å². The van der Waals surface area contributed by atoms with E-state index in [0.29, 0.717) is 5.92 Å². The number of para-hydroxylation sites is 1. The molecule has 0 fully saturated rings. The molecule has 0 unspecified atom stereocenters. The van der Waals surface area contributed by atoms with Crippen LogP contribution in [0.5, 0.6) is 0 Å². The minimum absolute atomic E-state index is 0.543. The number of rotatable bonds is 5. The van der Waals surface area contributed by atoms with Gasteiger partial charge in [0.15, 0.2) is 0 Å². The Kier molecular flexibility index (Phi) is 4.53. The topological polar surface area (TPSA) is 17.0 Å². The number of anilines is 1. The standard InChI is InChI=1S/C18H26N2/c1-6-20-14(4)11-16(15(20)5)12-19-18-10-8-7-9-17(18)13(2)3/h7-11,13,19H,6,12H2,1-5H3. The molecular weight excluding hydrogens is 244 g/mol. The van der Waals surface area contributed by atoms with Crippen LogP contribution in [-0.4, -0.2) is 4.57 Å². The van der Waals surface area contributed by atoms with Crippen LogP contribution in [0.1, 0.15) is 49.2 Å². The highest BCUT2D eigenvalue weighted by molar-refractivity contribution is 5.53. The third-order valence-corrected chi connectivity index (χ3v) is 4.05. The van der Waals surface area contributed by atoms with E-state index in [1.165, 1.54) is 28.2 Å². The maximum atomic E-state index is 3.60. The number of nitrogens with zero attached hydrogens (tertiary/aromatic N) is 1. The lowest BCUT2D eigenvalue weighted by Gasteiger charge is -2.14. The second-order valence-electron chi connectivity index (χ2n) is 5.74. The molecule has 2 aromatic rings. The highest BCUT2D eigenvalue weighted by Gasteiger charge is 2.09. The molecule has 0 saturated carbocycles. The molecule has 2 rings (SSSR count). The molecular formula is C18H26N2. The SMILES string of the molecule is CCn1c(C)cc(CNc2ccccc2C(C)C)c1C.